The molecule has 0 bridgehead atoms. The largest absolute Gasteiger partial charge is 0.573 e. The van der Waals surface area contributed by atoms with Gasteiger partial charge in [0, 0.05) is 5.56 Å². The van der Waals surface area contributed by atoms with Crippen LogP contribution in [0.1, 0.15) is 24.1 Å². The van der Waals surface area contributed by atoms with E-state index in [1.807, 2.05) is 0 Å². The minimum atomic E-state index is -4.71. The maximum atomic E-state index is 12.4. The third-order valence-electron chi connectivity index (χ3n) is 4.73. The van der Waals surface area contributed by atoms with Crippen LogP contribution in [0.5, 0.6) is 5.75 Å². The first-order valence-corrected chi connectivity index (χ1v) is 9.45. The number of hydrogen-bond acceptors (Lipinski definition) is 4. The first-order chi connectivity index (χ1) is 14.3. The van der Waals surface area contributed by atoms with Crippen LogP contribution in [0.4, 0.5) is 13.2 Å². The molecule has 0 spiro atoms. The Hall–Kier alpha value is -3.27. The second-order valence-electron chi connectivity index (χ2n) is 6.71. The first kappa shape index (κ1) is 20.0. The van der Waals surface area contributed by atoms with Gasteiger partial charge in [0.2, 0.25) is 5.11 Å². The van der Waals surface area contributed by atoms with Crippen LogP contribution in [0.25, 0.3) is 11.3 Å². The van der Waals surface area contributed by atoms with Crippen molar-refractivity contribution in [1.82, 2.24) is 9.78 Å². The van der Waals surface area contributed by atoms with E-state index in [-0.39, 0.29) is 10.9 Å². The van der Waals surface area contributed by atoms with E-state index >= 15 is 0 Å². The molecule has 0 unspecified atom stereocenters. The fraction of sp³-hybridized carbons (Fsp3) is 0.200. The van der Waals surface area contributed by atoms with Crippen LogP contribution in [0.15, 0.2) is 70.2 Å². The number of alkyl halides is 3. The second-order valence-corrected chi connectivity index (χ2v) is 7.13. The number of thiocarbonyl (C=S) groups is 1. The van der Waals surface area contributed by atoms with Crippen molar-refractivity contribution in [3.05, 3.63) is 71.2 Å². The number of halogens is 3. The third-order valence-corrected chi connectivity index (χ3v) is 4.81. The number of azo groups is 1. The molecule has 0 fully saturated rings. The van der Waals surface area contributed by atoms with Crippen molar-refractivity contribution in [1.29, 1.82) is 0 Å². The van der Waals surface area contributed by atoms with Crippen molar-refractivity contribution in [2.75, 3.05) is 0 Å². The van der Waals surface area contributed by atoms with Crippen LogP contribution in [0, 0.1) is 0 Å². The smallest absolute Gasteiger partial charge is 0.406 e. The van der Waals surface area contributed by atoms with E-state index in [9.17, 15) is 13.2 Å². The molecule has 2 N–H and O–H groups in total. The Bertz CT molecular complexity index is 1110. The lowest BCUT2D eigenvalue weighted by Gasteiger charge is -2.23. The molecule has 4 rings (SSSR count). The number of aromatic nitrogens is 2. The van der Waals surface area contributed by atoms with E-state index < -0.39 is 6.36 Å². The second kappa shape index (κ2) is 7.86. The Morgan fingerprint density at radius 2 is 2.00 bits per heavy atom. The molecule has 2 aliphatic rings. The lowest BCUT2D eigenvalue weighted by molar-refractivity contribution is -0.274. The molecule has 0 amide bonds. The molecule has 2 aliphatic carbocycles. The van der Waals surface area contributed by atoms with E-state index in [2.05, 4.69) is 44.4 Å². The summed E-state index contributed by atoms with van der Waals surface area (Å²) in [6.07, 6.45) is 5.15. The van der Waals surface area contributed by atoms with E-state index in [1.54, 1.807) is 29.2 Å². The molecular formula is C20H16F3N5OS. The molecule has 154 valence electrons. The van der Waals surface area contributed by atoms with Gasteiger partial charge in [-0.25, -0.2) is 4.68 Å². The number of fused-ring (bicyclic) bond motifs is 3. The third kappa shape index (κ3) is 4.33. The van der Waals surface area contributed by atoms with E-state index in [4.69, 9.17) is 5.73 Å². The SMILES string of the molecule is NC(=S)N=NC=C1C=C2CCc3c(cnn3-c3ccc(OC(F)(F)F)cc3)C2=CC1. The number of nitrogens with zero attached hydrogens (tertiary/aromatic N) is 4. The molecule has 1 heterocycles. The number of allylic oxidation sites excluding steroid dienone is 5. The Morgan fingerprint density at radius 3 is 2.70 bits per heavy atom. The molecule has 1 aromatic heterocycles. The van der Waals surface area contributed by atoms with Crippen molar-refractivity contribution in [2.45, 2.75) is 25.6 Å². The van der Waals surface area contributed by atoms with Gasteiger partial charge in [-0.1, -0.05) is 12.2 Å². The summed E-state index contributed by atoms with van der Waals surface area (Å²) < 4.78 is 42.7. The highest BCUT2D eigenvalue weighted by Gasteiger charge is 2.31. The molecule has 0 radical (unpaired) electrons. The van der Waals surface area contributed by atoms with Crippen molar-refractivity contribution in [2.24, 2.45) is 16.0 Å². The van der Waals surface area contributed by atoms with Gasteiger partial charge in [0.25, 0.3) is 0 Å². The number of benzene rings is 1. The summed E-state index contributed by atoms with van der Waals surface area (Å²) in [6, 6.07) is 5.68. The van der Waals surface area contributed by atoms with Crippen LogP contribution >= 0.6 is 12.2 Å². The van der Waals surface area contributed by atoms with Crippen LogP contribution < -0.4 is 10.5 Å². The molecule has 0 aliphatic heterocycles. The van der Waals surface area contributed by atoms with Gasteiger partial charge in [-0.05, 0) is 72.5 Å². The zero-order valence-corrected chi connectivity index (χ0v) is 16.4. The van der Waals surface area contributed by atoms with Crippen LogP contribution in [-0.2, 0) is 6.42 Å². The van der Waals surface area contributed by atoms with Gasteiger partial charge >= 0.3 is 6.36 Å². The van der Waals surface area contributed by atoms with Crippen LogP contribution in [0.3, 0.4) is 0 Å². The molecule has 2 aromatic rings. The molecule has 1 aromatic carbocycles. The van der Waals surface area contributed by atoms with E-state index in [0.29, 0.717) is 12.1 Å². The Morgan fingerprint density at radius 1 is 1.23 bits per heavy atom. The van der Waals surface area contributed by atoms with Crippen molar-refractivity contribution in [3.63, 3.8) is 0 Å². The molecule has 0 saturated carbocycles. The number of hydrogen-bond donors (Lipinski definition) is 1. The zero-order chi connectivity index (χ0) is 21.3. The van der Waals surface area contributed by atoms with Gasteiger partial charge in [0.1, 0.15) is 5.75 Å². The van der Waals surface area contributed by atoms with Crippen LogP contribution in [-0.4, -0.2) is 21.3 Å². The maximum absolute atomic E-state index is 12.4. The zero-order valence-electron chi connectivity index (χ0n) is 15.6. The average Bonchev–Trinajstić information content (AvgIpc) is 3.11. The summed E-state index contributed by atoms with van der Waals surface area (Å²) in [7, 11) is 0. The summed E-state index contributed by atoms with van der Waals surface area (Å²) >= 11 is 4.67. The summed E-state index contributed by atoms with van der Waals surface area (Å²) in [6.45, 7) is 0. The molecule has 10 heteroatoms. The number of nitrogens with two attached hydrogens (primary N) is 1. The van der Waals surface area contributed by atoms with Gasteiger partial charge < -0.3 is 10.5 Å². The Labute approximate surface area is 175 Å². The van der Waals surface area contributed by atoms with E-state index in [0.717, 1.165) is 35.2 Å². The fourth-order valence-corrected chi connectivity index (χ4v) is 3.60. The van der Waals surface area contributed by atoms with Gasteiger partial charge in [-0.3, -0.25) is 0 Å². The quantitative estimate of drug-likeness (QED) is 0.547. The summed E-state index contributed by atoms with van der Waals surface area (Å²) in [5.74, 6) is -0.264. The summed E-state index contributed by atoms with van der Waals surface area (Å²) in [4.78, 5) is 0. The minimum absolute atomic E-state index is 0.0146. The summed E-state index contributed by atoms with van der Waals surface area (Å²) in [5, 5.41) is 12.0. The first-order valence-electron chi connectivity index (χ1n) is 9.04. The van der Waals surface area contributed by atoms with Crippen molar-refractivity contribution in [3.8, 4) is 11.4 Å². The highest BCUT2D eigenvalue weighted by molar-refractivity contribution is 7.80. The van der Waals surface area contributed by atoms with Gasteiger partial charge in [-0.2, -0.15) is 10.2 Å². The topological polar surface area (TPSA) is 77.8 Å². The summed E-state index contributed by atoms with van der Waals surface area (Å²) in [5.41, 5.74) is 11.3. The number of rotatable bonds is 3. The normalized spacial score (nSPS) is 17.4. The minimum Gasteiger partial charge on any atom is -0.406 e. The standard InChI is InChI=1S/C20H16F3N5OS/c21-20(22,23)29-15-5-3-14(4-6-15)28-18-8-2-13-9-12(10-25-27-19(24)30)1-7-16(13)17(18)11-26-28/h3-7,9-11H,1-2,8H2,(H2,24,30). The van der Waals surface area contributed by atoms with Gasteiger partial charge in [-0.15, -0.1) is 18.3 Å². The molecule has 30 heavy (non-hydrogen) atoms. The maximum Gasteiger partial charge on any atom is 0.573 e. The van der Waals surface area contributed by atoms with Crippen molar-refractivity contribution < 1.29 is 17.9 Å². The lowest BCUT2D eigenvalue weighted by Crippen LogP contribution is -2.17. The molecule has 0 saturated heterocycles. The molecular weight excluding hydrogens is 415 g/mol. The fourth-order valence-electron chi connectivity index (χ4n) is 3.56. The van der Waals surface area contributed by atoms with Crippen molar-refractivity contribution >= 4 is 22.9 Å². The molecule has 0 atom stereocenters. The lowest BCUT2D eigenvalue weighted by atomic mass is 9.82. The Kier molecular flexibility index (Phi) is 5.25. The monoisotopic (exact) mass is 431 g/mol. The number of ether oxygens (including phenoxy) is 1. The predicted octanol–water partition coefficient (Wildman–Crippen LogP) is 5.01. The molecule has 6 nitrogen and oxygen atoms in total. The van der Waals surface area contributed by atoms with E-state index in [1.165, 1.54) is 17.7 Å². The average molecular weight is 431 g/mol. The Balaban J connectivity index is 1.57. The predicted molar refractivity (Wildman–Crippen MR) is 109 cm³/mol. The van der Waals surface area contributed by atoms with Crippen LogP contribution in [0.2, 0.25) is 0 Å². The highest BCUT2D eigenvalue weighted by atomic mass is 32.1. The van der Waals surface area contributed by atoms with Gasteiger partial charge in [0.05, 0.1) is 23.8 Å². The van der Waals surface area contributed by atoms with Gasteiger partial charge in [0.15, 0.2) is 0 Å². The highest BCUT2D eigenvalue weighted by Crippen LogP contribution is 2.39.